The molecule has 1 aliphatic rings. The lowest BCUT2D eigenvalue weighted by atomic mass is 10.1. The lowest BCUT2D eigenvalue weighted by Crippen LogP contribution is -2.37. The molecule has 48 heavy (non-hydrogen) atoms. The highest BCUT2D eigenvalue weighted by atomic mass is 31.2. The van der Waals surface area contributed by atoms with Crippen molar-refractivity contribution >= 4 is 41.6 Å². The van der Waals surface area contributed by atoms with Crippen LogP contribution < -0.4 is 20.1 Å². The van der Waals surface area contributed by atoms with Gasteiger partial charge in [0.1, 0.15) is 30.6 Å². The molecule has 0 radical (unpaired) electrons. The first-order valence-corrected chi connectivity index (χ1v) is 16.7. The number of benzene rings is 3. The molecular weight excluding hydrogens is 646 g/mol. The summed E-state index contributed by atoms with van der Waals surface area (Å²) in [5.41, 5.74) is 6.96. The number of aromatic nitrogens is 4. The number of hydrogen-bond acceptors (Lipinski definition) is 12. The summed E-state index contributed by atoms with van der Waals surface area (Å²) >= 11 is 0. The van der Waals surface area contributed by atoms with Crippen LogP contribution >= 0.6 is 7.75 Å². The topological polar surface area (TPSA) is 182 Å². The Morgan fingerprint density at radius 1 is 1.12 bits per heavy atom. The maximum atomic E-state index is 15.6. The fraction of sp³-hybridized carbons (Fsp3) is 0.312. The van der Waals surface area contributed by atoms with E-state index in [1.165, 1.54) is 17.8 Å². The highest BCUT2D eigenvalue weighted by Gasteiger charge is 2.47. The summed E-state index contributed by atoms with van der Waals surface area (Å²) in [5, 5.41) is 14.9. The van der Waals surface area contributed by atoms with Crippen molar-refractivity contribution in [2.75, 3.05) is 18.9 Å². The average molecular weight is 681 g/mol. The minimum absolute atomic E-state index is 0.00597. The van der Waals surface area contributed by atoms with E-state index in [9.17, 15) is 14.5 Å². The van der Waals surface area contributed by atoms with Gasteiger partial charge >= 0.3 is 13.7 Å². The number of alkyl halides is 1. The molecule has 3 aromatic carbocycles. The van der Waals surface area contributed by atoms with Crippen LogP contribution in [-0.2, 0) is 30.0 Å². The molecule has 0 amide bonds. The molecule has 3 heterocycles. The van der Waals surface area contributed by atoms with Crippen LogP contribution in [-0.4, -0.2) is 68.2 Å². The van der Waals surface area contributed by atoms with E-state index in [1.54, 1.807) is 43.3 Å². The van der Waals surface area contributed by atoms with Crippen LogP contribution in [0.1, 0.15) is 25.6 Å². The predicted molar refractivity (Wildman–Crippen MR) is 173 cm³/mol. The fourth-order valence-corrected chi connectivity index (χ4v) is 6.73. The largest absolute Gasteiger partial charge is 0.476 e. The van der Waals surface area contributed by atoms with Gasteiger partial charge in [0.15, 0.2) is 23.6 Å². The van der Waals surface area contributed by atoms with Crippen molar-refractivity contribution in [3.63, 3.8) is 0 Å². The van der Waals surface area contributed by atoms with Crippen molar-refractivity contribution in [3.8, 4) is 11.6 Å². The number of hydrogen-bond donors (Lipinski definition) is 3. The Morgan fingerprint density at radius 3 is 2.67 bits per heavy atom. The van der Waals surface area contributed by atoms with Gasteiger partial charge in [-0.2, -0.15) is 15.1 Å². The van der Waals surface area contributed by atoms with E-state index in [-0.39, 0.29) is 42.0 Å². The number of carbonyl (C=O) groups is 1. The van der Waals surface area contributed by atoms with Gasteiger partial charge in [-0.3, -0.25) is 13.9 Å². The molecule has 0 spiro atoms. The molecule has 1 fully saturated rings. The molecule has 5 aromatic rings. The van der Waals surface area contributed by atoms with Gasteiger partial charge in [-0.1, -0.05) is 66.7 Å². The van der Waals surface area contributed by atoms with Crippen LogP contribution in [0.4, 0.5) is 10.3 Å². The van der Waals surface area contributed by atoms with E-state index >= 15 is 4.39 Å². The van der Waals surface area contributed by atoms with Gasteiger partial charge in [0.2, 0.25) is 11.8 Å². The van der Waals surface area contributed by atoms with Gasteiger partial charge in [-0.05, 0) is 30.9 Å². The van der Waals surface area contributed by atoms with E-state index in [0.717, 1.165) is 10.9 Å². The number of nitrogen functional groups attached to an aromatic ring is 1. The molecule has 6 rings (SSSR count). The second kappa shape index (κ2) is 14.2. The van der Waals surface area contributed by atoms with Crippen molar-refractivity contribution in [1.29, 1.82) is 0 Å². The summed E-state index contributed by atoms with van der Waals surface area (Å²) in [6.07, 6.45) is -5.13. The maximum Gasteiger partial charge on any atom is 0.459 e. The molecule has 0 saturated carbocycles. The summed E-state index contributed by atoms with van der Waals surface area (Å²) < 4.78 is 59.7. The first kappa shape index (κ1) is 33.2. The zero-order chi connectivity index (χ0) is 33.8. The molecule has 1 saturated heterocycles. The summed E-state index contributed by atoms with van der Waals surface area (Å²) in [4.78, 5) is 25.3. The molecule has 16 heteroatoms. The number of anilines is 1. The van der Waals surface area contributed by atoms with Gasteiger partial charge in [0, 0.05) is 5.39 Å². The van der Waals surface area contributed by atoms with Gasteiger partial charge in [-0.25, -0.2) is 13.9 Å². The van der Waals surface area contributed by atoms with Gasteiger partial charge in [0.25, 0.3) is 0 Å². The third kappa shape index (κ3) is 7.10. The number of carbonyl (C=O) groups excluding carboxylic acids is 1. The number of nitrogens with two attached hydrogens (primary N) is 1. The second-order valence-corrected chi connectivity index (χ2v) is 12.6. The van der Waals surface area contributed by atoms with Crippen LogP contribution in [0.3, 0.4) is 0 Å². The molecular formula is C32H34FN6O8P. The number of rotatable bonds is 13. The summed E-state index contributed by atoms with van der Waals surface area (Å²) in [6, 6.07) is 20.3. The number of aliphatic hydroxyl groups excluding tert-OH is 1. The Bertz CT molecular complexity index is 1940. The number of nitrogens with zero attached hydrogens (tertiary/aromatic N) is 4. The van der Waals surface area contributed by atoms with E-state index < -0.39 is 51.0 Å². The molecule has 2 aromatic heterocycles. The van der Waals surface area contributed by atoms with Crippen molar-refractivity contribution in [3.05, 3.63) is 84.7 Å². The zero-order valence-corrected chi connectivity index (χ0v) is 26.9. The third-order valence-corrected chi connectivity index (χ3v) is 9.19. The Balaban J connectivity index is 1.21. The normalized spacial score (nSPS) is 21.2. The Morgan fingerprint density at radius 2 is 1.88 bits per heavy atom. The smallest absolute Gasteiger partial charge is 0.459 e. The lowest BCUT2D eigenvalue weighted by molar-refractivity contribution is -0.146. The van der Waals surface area contributed by atoms with Crippen LogP contribution in [0.15, 0.2) is 79.1 Å². The molecule has 1 unspecified atom stereocenters. The van der Waals surface area contributed by atoms with Crippen LogP contribution in [0.5, 0.6) is 11.6 Å². The standard InChI is InChI=1S/C32H34FN6O8P/c1-3-43-29-26-28(36-32(34)37-29)39(18-35-26)30-25(33)27(40)24(46-30)17-45-48(42,47-23-15-9-13-21-12-7-8-14-22(21)23)38-19(2)31(41)44-16-20-10-5-4-6-11-20/h4-15,18-19,24-25,27,30,40H,3,16-17H2,1-2H3,(H,38,42)(H2,34,36,37)/t19-,24+,25+,27+,30+,48?/m0/s1. The minimum atomic E-state index is -4.43. The highest BCUT2D eigenvalue weighted by Crippen LogP contribution is 2.48. The van der Waals surface area contributed by atoms with Crippen molar-refractivity contribution in [2.45, 2.75) is 51.1 Å². The molecule has 0 aliphatic carbocycles. The first-order chi connectivity index (χ1) is 23.2. The molecule has 6 atom stereocenters. The van der Waals surface area contributed by atoms with Crippen molar-refractivity contribution in [1.82, 2.24) is 24.6 Å². The Kier molecular flexibility index (Phi) is 9.85. The maximum absolute atomic E-state index is 15.6. The molecule has 1 aliphatic heterocycles. The van der Waals surface area contributed by atoms with E-state index in [2.05, 4.69) is 20.0 Å². The highest BCUT2D eigenvalue weighted by molar-refractivity contribution is 7.52. The zero-order valence-electron chi connectivity index (χ0n) is 26.0. The van der Waals surface area contributed by atoms with Crippen molar-refractivity contribution in [2.24, 2.45) is 0 Å². The average Bonchev–Trinajstić information content (AvgIpc) is 3.63. The SMILES string of the molecule is CCOc1nc(N)nc2c1ncn2[C@@H]1O[C@H](COP(=O)(N[C@@H](C)C(=O)OCc2ccccc2)Oc2cccc3ccccc23)[C@@H](O)[C@H]1F. The Labute approximate surface area is 274 Å². The molecule has 14 nitrogen and oxygen atoms in total. The van der Waals surface area contributed by atoms with Crippen molar-refractivity contribution < 1.29 is 42.1 Å². The predicted octanol–water partition coefficient (Wildman–Crippen LogP) is 4.48. The monoisotopic (exact) mass is 680 g/mol. The van der Waals surface area contributed by atoms with Crippen LogP contribution in [0.25, 0.3) is 21.9 Å². The second-order valence-electron chi connectivity index (χ2n) is 11.0. The minimum Gasteiger partial charge on any atom is -0.476 e. The molecule has 4 N–H and O–H groups in total. The lowest BCUT2D eigenvalue weighted by Gasteiger charge is -2.25. The number of fused-ring (bicyclic) bond motifs is 2. The van der Waals surface area contributed by atoms with E-state index in [0.29, 0.717) is 5.39 Å². The van der Waals surface area contributed by atoms with Crippen LogP contribution in [0.2, 0.25) is 0 Å². The first-order valence-electron chi connectivity index (χ1n) is 15.2. The summed E-state index contributed by atoms with van der Waals surface area (Å²) in [5.74, 6) is -0.530. The number of aliphatic hydroxyl groups is 1. The fourth-order valence-electron chi connectivity index (χ4n) is 5.21. The number of ether oxygens (including phenoxy) is 3. The van der Waals surface area contributed by atoms with Crippen LogP contribution in [0, 0.1) is 0 Å². The quantitative estimate of drug-likeness (QED) is 0.117. The Hall–Kier alpha value is -4.66. The number of nitrogens with one attached hydrogen (secondary N) is 1. The molecule has 0 bridgehead atoms. The number of imidazole rings is 1. The summed E-state index contributed by atoms with van der Waals surface area (Å²) in [7, 11) is -4.43. The number of esters is 1. The number of halogens is 1. The summed E-state index contributed by atoms with van der Waals surface area (Å²) in [6.45, 7) is 2.88. The third-order valence-electron chi connectivity index (χ3n) is 7.56. The van der Waals surface area contributed by atoms with E-state index in [4.69, 9.17) is 29.0 Å². The van der Waals surface area contributed by atoms with E-state index in [1.807, 2.05) is 36.4 Å². The van der Waals surface area contributed by atoms with Gasteiger partial charge < -0.3 is 29.6 Å². The van der Waals surface area contributed by atoms with Gasteiger partial charge in [-0.15, -0.1) is 0 Å². The van der Waals surface area contributed by atoms with Gasteiger partial charge in [0.05, 0.1) is 19.5 Å². The molecule has 252 valence electrons.